The Balaban J connectivity index is 1.88. The van der Waals surface area contributed by atoms with E-state index < -0.39 is 0 Å². The smallest absolute Gasteiger partial charge is 0.132 e. The van der Waals surface area contributed by atoms with Gasteiger partial charge in [0.25, 0.3) is 0 Å². The number of likely N-dealkylation sites (tertiary alicyclic amines) is 1. The molecule has 0 aliphatic carbocycles. The highest BCUT2D eigenvalue weighted by molar-refractivity contribution is 5.47. The Hall–Kier alpha value is -1.36. The standard InChI is InChI=1S/C14H25N5/c1-3-12-17-13(15-4-2)11-14(18-12)16-7-10-19-8-5-6-9-19/h11H,3-10H2,1-2H3,(H2,15,16,17,18). The molecule has 1 aromatic rings. The molecular formula is C14H25N5. The highest BCUT2D eigenvalue weighted by atomic mass is 15.2. The average molecular weight is 263 g/mol. The number of aryl methyl sites for hydroxylation is 1. The summed E-state index contributed by atoms with van der Waals surface area (Å²) >= 11 is 0. The quantitative estimate of drug-likeness (QED) is 0.788. The number of hydrogen-bond donors (Lipinski definition) is 2. The zero-order valence-electron chi connectivity index (χ0n) is 12.1. The van der Waals surface area contributed by atoms with Crippen molar-refractivity contribution in [2.75, 3.05) is 43.4 Å². The molecule has 0 saturated carbocycles. The van der Waals surface area contributed by atoms with Gasteiger partial charge in [0, 0.05) is 32.1 Å². The van der Waals surface area contributed by atoms with E-state index in [2.05, 4.69) is 39.3 Å². The van der Waals surface area contributed by atoms with Gasteiger partial charge in [-0.25, -0.2) is 9.97 Å². The van der Waals surface area contributed by atoms with E-state index in [0.717, 1.165) is 43.5 Å². The third-order valence-corrected chi connectivity index (χ3v) is 3.38. The molecule has 2 N–H and O–H groups in total. The van der Waals surface area contributed by atoms with Gasteiger partial charge in [-0.3, -0.25) is 0 Å². The molecule has 0 unspecified atom stereocenters. The third kappa shape index (κ3) is 4.35. The minimum Gasteiger partial charge on any atom is -0.370 e. The molecule has 19 heavy (non-hydrogen) atoms. The monoisotopic (exact) mass is 263 g/mol. The van der Waals surface area contributed by atoms with Gasteiger partial charge >= 0.3 is 0 Å². The maximum atomic E-state index is 4.52. The summed E-state index contributed by atoms with van der Waals surface area (Å²) < 4.78 is 0. The molecule has 5 nitrogen and oxygen atoms in total. The molecule has 0 bridgehead atoms. The van der Waals surface area contributed by atoms with E-state index in [-0.39, 0.29) is 0 Å². The van der Waals surface area contributed by atoms with Crippen molar-refractivity contribution in [3.05, 3.63) is 11.9 Å². The Morgan fingerprint density at radius 2 is 1.79 bits per heavy atom. The first-order valence-corrected chi connectivity index (χ1v) is 7.40. The lowest BCUT2D eigenvalue weighted by Crippen LogP contribution is -2.26. The van der Waals surface area contributed by atoms with Crippen LogP contribution in [0.1, 0.15) is 32.5 Å². The molecule has 0 aromatic carbocycles. The van der Waals surface area contributed by atoms with Crippen LogP contribution in [-0.4, -0.2) is 47.6 Å². The maximum Gasteiger partial charge on any atom is 0.132 e. The van der Waals surface area contributed by atoms with Crippen molar-refractivity contribution in [1.29, 1.82) is 0 Å². The summed E-state index contributed by atoms with van der Waals surface area (Å²) in [4.78, 5) is 11.5. The zero-order valence-corrected chi connectivity index (χ0v) is 12.1. The van der Waals surface area contributed by atoms with E-state index in [0.29, 0.717) is 0 Å². The minimum atomic E-state index is 0.861. The molecule has 0 amide bonds. The highest BCUT2D eigenvalue weighted by Gasteiger charge is 2.10. The first-order valence-electron chi connectivity index (χ1n) is 7.40. The van der Waals surface area contributed by atoms with Gasteiger partial charge in [-0.15, -0.1) is 0 Å². The fourth-order valence-electron chi connectivity index (χ4n) is 2.37. The highest BCUT2D eigenvalue weighted by Crippen LogP contribution is 2.12. The van der Waals surface area contributed by atoms with Crippen LogP contribution in [0, 0.1) is 0 Å². The lowest BCUT2D eigenvalue weighted by atomic mass is 10.4. The molecule has 1 aromatic heterocycles. The fourth-order valence-corrected chi connectivity index (χ4v) is 2.37. The predicted octanol–water partition coefficient (Wildman–Crippen LogP) is 1.98. The largest absolute Gasteiger partial charge is 0.370 e. The molecule has 5 heteroatoms. The summed E-state index contributed by atoms with van der Waals surface area (Å²) in [6, 6.07) is 1.99. The first-order chi connectivity index (χ1) is 9.31. The fraction of sp³-hybridized carbons (Fsp3) is 0.714. The number of nitrogens with one attached hydrogen (secondary N) is 2. The molecule has 106 valence electrons. The number of nitrogens with zero attached hydrogens (tertiary/aromatic N) is 3. The Kier molecular flexibility index (Phi) is 5.39. The van der Waals surface area contributed by atoms with Crippen LogP contribution in [-0.2, 0) is 6.42 Å². The molecule has 1 fully saturated rings. The van der Waals surface area contributed by atoms with Crippen molar-refractivity contribution in [3.8, 4) is 0 Å². The zero-order chi connectivity index (χ0) is 13.5. The second-order valence-corrected chi connectivity index (χ2v) is 4.91. The van der Waals surface area contributed by atoms with Crippen molar-refractivity contribution in [3.63, 3.8) is 0 Å². The summed E-state index contributed by atoms with van der Waals surface area (Å²) in [5.41, 5.74) is 0. The van der Waals surface area contributed by atoms with Gasteiger partial charge in [0.2, 0.25) is 0 Å². The van der Waals surface area contributed by atoms with Gasteiger partial charge in [-0.05, 0) is 32.9 Å². The second-order valence-electron chi connectivity index (χ2n) is 4.91. The van der Waals surface area contributed by atoms with Crippen LogP contribution in [0.3, 0.4) is 0 Å². The van der Waals surface area contributed by atoms with Gasteiger partial charge in [0.1, 0.15) is 17.5 Å². The molecule has 0 atom stereocenters. The molecule has 0 radical (unpaired) electrons. The molecule has 1 aliphatic heterocycles. The summed E-state index contributed by atoms with van der Waals surface area (Å²) in [6.45, 7) is 9.58. The van der Waals surface area contributed by atoms with Crippen LogP contribution in [0.15, 0.2) is 6.07 Å². The van der Waals surface area contributed by atoms with E-state index in [1.807, 2.05) is 6.07 Å². The van der Waals surface area contributed by atoms with Crippen LogP contribution >= 0.6 is 0 Å². The minimum absolute atomic E-state index is 0.861. The molecule has 1 aliphatic rings. The van der Waals surface area contributed by atoms with Crippen LogP contribution in [0.5, 0.6) is 0 Å². The Labute approximate surface area is 115 Å². The normalized spacial score (nSPS) is 15.7. The lowest BCUT2D eigenvalue weighted by molar-refractivity contribution is 0.352. The Morgan fingerprint density at radius 3 is 2.42 bits per heavy atom. The van der Waals surface area contributed by atoms with Gasteiger partial charge < -0.3 is 15.5 Å². The molecule has 0 spiro atoms. The average Bonchev–Trinajstić information content (AvgIpc) is 2.92. The van der Waals surface area contributed by atoms with Crippen LogP contribution in [0.2, 0.25) is 0 Å². The number of anilines is 2. The lowest BCUT2D eigenvalue weighted by Gasteiger charge is -2.15. The van der Waals surface area contributed by atoms with Crippen molar-refractivity contribution < 1.29 is 0 Å². The molecular weight excluding hydrogens is 238 g/mol. The molecule has 1 saturated heterocycles. The maximum absolute atomic E-state index is 4.52. The van der Waals surface area contributed by atoms with E-state index >= 15 is 0 Å². The van der Waals surface area contributed by atoms with Crippen molar-refractivity contribution >= 4 is 11.6 Å². The predicted molar refractivity (Wildman–Crippen MR) is 79.7 cm³/mol. The van der Waals surface area contributed by atoms with Gasteiger partial charge in [0.15, 0.2) is 0 Å². The van der Waals surface area contributed by atoms with Gasteiger partial charge in [-0.2, -0.15) is 0 Å². The van der Waals surface area contributed by atoms with E-state index in [4.69, 9.17) is 0 Å². The summed E-state index contributed by atoms with van der Waals surface area (Å²) in [6.07, 6.45) is 3.55. The number of hydrogen-bond acceptors (Lipinski definition) is 5. The van der Waals surface area contributed by atoms with Gasteiger partial charge in [-0.1, -0.05) is 6.92 Å². The second kappa shape index (κ2) is 7.28. The SMILES string of the molecule is CCNc1cc(NCCN2CCCC2)nc(CC)n1. The number of aromatic nitrogens is 2. The van der Waals surface area contributed by atoms with Crippen molar-refractivity contribution in [2.45, 2.75) is 33.1 Å². The van der Waals surface area contributed by atoms with Crippen molar-refractivity contribution in [2.24, 2.45) is 0 Å². The summed E-state index contributed by atoms with van der Waals surface area (Å²) in [5, 5.41) is 6.66. The summed E-state index contributed by atoms with van der Waals surface area (Å²) in [7, 11) is 0. The van der Waals surface area contributed by atoms with Crippen LogP contribution in [0.25, 0.3) is 0 Å². The van der Waals surface area contributed by atoms with E-state index in [1.54, 1.807) is 0 Å². The van der Waals surface area contributed by atoms with Crippen molar-refractivity contribution in [1.82, 2.24) is 14.9 Å². The topological polar surface area (TPSA) is 53.1 Å². The van der Waals surface area contributed by atoms with E-state index in [1.165, 1.54) is 25.9 Å². The first kappa shape index (κ1) is 14.1. The molecule has 2 heterocycles. The molecule has 2 rings (SSSR count). The third-order valence-electron chi connectivity index (χ3n) is 3.38. The van der Waals surface area contributed by atoms with Gasteiger partial charge in [0.05, 0.1) is 0 Å². The van der Waals surface area contributed by atoms with Crippen LogP contribution in [0.4, 0.5) is 11.6 Å². The van der Waals surface area contributed by atoms with Crippen LogP contribution < -0.4 is 10.6 Å². The number of rotatable bonds is 7. The van der Waals surface area contributed by atoms with E-state index in [9.17, 15) is 0 Å². The Bertz CT molecular complexity index is 387. The summed E-state index contributed by atoms with van der Waals surface area (Å²) in [5.74, 6) is 2.74. The Morgan fingerprint density at radius 1 is 1.11 bits per heavy atom.